The van der Waals surface area contributed by atoms with E-state index in [0.29, 0.717) is 52.9 Å². The Kier molecular flexibility index (Phi) is 8.94. The predicted octanol–water partition coefficient (Wildman–Crippen LogP) is 3.55. The smallest absolute Gasteiger partial charge is 0.166 e. The maximum absolute atomic E-state index is 6.17. The summed E-state index contributed by atoms with van der Waals surface area (Å²) in [5.41, 5.74) is 7.51. The summed E-state index contributed by atoms with van der Waals surface area (Å²) in [6, 6.07) is 11.2. The molecule has 0 amide bonds. The average Bonchev–Trinajstić information content (AvgIpc) is 2.66. The lowest BCUT2D eigenvalue weighted by molar-refractivity contribution is 0.302. The van der Waals surface area contributed by atoms with Crippen molar-refractivity contribution in [2.45, 2.75) is 13.0 Å². The molecule has 0 bridgehead atoms. The summed E-state index contributed by atoms with van der Waals surface area (Å²) in [6.45, 7) is 2.14. The van der Waals surface area contributed by atoms with Gasteiger partial charge in [-0.05, 0) is 54.0 Å². The van der Waals surface area contributed by atoms with Gasteiger partial charge >= 0.3 is 0 Å². The van der Waals surface area contributed by atoms with Gasteiger partial charge in [0.05, 0.1) is 7.11 Å². The number of rotatable bonds is 9. The molecule has 4 N–H and O–H groups in total. The number of nitrogens with one attached hydrogen (secondary N) is 2. The molecule has 0 fully saturated rings. The fraction of sp³-hybridized carbons (Fsp3) is 0.316. The average molecular weight is 428 g/mol. The van der Waals surface area contributed by atoms with Crippen LogP contribution in [0.1, 0.15) is 11.1 Å². The Morgan fingerprint density at radius 2 is 1.93 bits per heavy atom. The molecule has 0 aromatic heterocycles. The third-order valence-electron chi connectivity index (χ3n) is 3.75. The minimum absolute atomic E-state index is 0.444. The number of methoxy groups -OCH3 is 1. The van der Waals surface area contributed by atoms with Gasteiger partial charge in [0, 0.05) is 29.7 Å². The lowest BCUT2D eigenvalue weighted by Gasteiger charge is -2.14. The summed E-state index contributed by atoms with van der Waals surface area (Å²) < 4.78 is 10.9. The highest BCUT2D eigenvalue weighted by Crippen LogP contribution is 2.28. The Hall–Kier alpha value is -1.73. The molecule has 0 radical (unpaired) electrons. The minimum Gasteiger partial charge on any atom is -0.493 e. The molecule has 2 aromatic rings. The quantitative estimate of drug-likeness (QED) is 0.531. The van der Waals surface area contributed by atoms with Gasteiger partial charge in [-0.25, -0.2) is 0 Å². The van der Waals surface area contributed by atoms with Crippen LogP contribution in [0.15, 0.2) is 36.4 Å². The second kappa shape index (κ2) is 11.2. The number of hydrogen-bond acceptors (Lipinski definition) is 4. The summed E-state index contributed by atoms with van der Waals surface area (Å²) in [6.07, 6.45) is 0.749. The first-order valence-corrected chi connectivity index (χ1v) is 9.65. The highest BCUT2D eigenvalue weighted by Gasteiger charge is 2.06. The molecule has 0 heterocycles. The maximum Gasteiger partial charge on any atom is 0.166 e. The van der Waals surface area contributed by atoms with Crippen molar-refractivity contribution in [3.63, 3.8) is 0 Å². The van der Waals surface area contributed by atoms with Crippen molar-refractivity contribution >= 4 is 40.5 Å². The van der Waals surface area contributed by atoms with E-state index >= 15 is 0 Å². The van der Waals surface area contributed by atoms with Gasteiger partial charge in [0.15, 0.2) is 16.6 Å². The molecule has 5 nitrogen and oxygen atoms in total. The van der Waals surface area contributed by atoms with Crippen molar-refractivity contribution in [1.82, 2.24) is 10.6 Å². The number of halogens is 2. The van der Waals surface area contributed by atoms with Crippen molar-refractivity contribution in [2.75, 3.05) is 26.8 Å². The summed E-state index contributed by atoms with van der Waals surface area (Å²) in [5.74, 6) is 1.34. The molecule has 0 spiro atoms. The molecule has 27 heavy (non-hydrogen) atoms. The highest BCUT2D eigenvalue weighted by molar-refractivity contribution is 7.80. The van der Waals surface area contributed by atoms with Crippen LogP contribution in [0.2, 0.25) is 10.0 Å². The fourth-order valence-corrected chi connectivity index (χ4v) is 3.07. The van der Waals surface area contributed by atoms with Crippen LogP contribution in [0, 0.1) is 0 Å². The predicted molar refractivity (Wildman–Crippen MR) is 115 cm³/mol. The van der Waals surface area contributed by atoms with Crippen molar-refractivity contribution in [2.24, 2.45) is 5.73 Å². The van der Waals surface area contributed by atoms with Gasteiger partial charge in [0.1, 0.15) is 6.61 Å². The number of benzene rings is 2. The van der Waals surface area contributed by atoms with E-state index in [-0.39, 0.29) is 0 Å². The van der Waals surface area contributed by atoms with E-state index in [9.17, 15) is 0 Å². The number of hydrogen-bond donors (Lipinski definition) is 3. The van der Waals surface area contributed by atoms with Gasteiger partial charge in [-0.1, -0.05) is 35.3 Å². The Morgan fingerprint density at radius 1 is 1.11 bits per heavy atom. The second-order valence-corrected chi connectivity index (χ2v) is 6.97. The van der Waals surface area contributed by atoms with Crippen LogP contribution in [-0.4, -0.2) is 31.9 Å². The van der Waals surface area contributed by atoms with Crippen molar-refractivity contribution < 1.29 is 9.47 Å². The fourth-order valence-electron chi connectivity index (χ4n) is 2.39. The molecule has 2 aromatic carbocycles. The number of nitrogens with two attached hydrogens (primary N) is 1. The van der Waals surface area contributed by atoms with Crippen molar-refractivity contribution in [1.29, 1.82) is 0 Å². The molecule has 0 aliphatic carbocycles. The second-order valence-electron chi connectivity index (χ2n) is 5.72. The zero-order chi connectivity index (χ0) is 19.6. The molecular weight excluding hydrogens is 405 g/mol. The van der Waals surface area contributed by atoms with Crippen LogP contribution in [0.4, 0.5) is 0 Å². The molecular formula is C19H23Cl2N3O2S. The number of thiocarbonyl (C=S) groups is 1. The number of ether oxygens (including phenoxy) is 2. The Balaban J connectivity index is 1.79. The standard InChI is InChI=1S/C19H23Cl2N3O2S/c1-25-18-10-13(2-5-17(18)26-9-7-22)12-24-19(27)23-8-6-14-3-4-15(20)11-16(14)21/h2-5,10-11H,6-9,12,22H2,1H3,(H2,23,24,27). The molecule has 8 heteroatoms. The van der Waals surface area contributed by atoms with E-state index in [1.807, 2.05) is 30.3 Å². The maximum atomic E-state index is 6.17. The van der Waals surface area contributed by atoms with Gasteiger partial charge in [-0.3, -0.25) is 0 Å². The first-order valence-electron chi connectivity index (χ1n) is 8.49. The van der Waals surface area contributed by atoms with Crippen LogP contribution < -0.4 is 25.8 Å². The molecule has 0 atom stereocenters. The van der Waals surface area contributed by atoms with Crippen LogP contribution in [0.25, 0.3) is 0 Å². The highest BCUT2D eigenvalue weighted by atomic mass is 35.5. The van der Waals surface area contributed by atoms with Crippen molar-refractivity contribution in [3.05, 3.63) is 57.6 Å². The van der Waals surface area contributed by atoms with Crippen LogP contribution in [0.5, 0.6) is 11.5 Å². The van der Waals surface area contributed by atoms with Gasteiger partial charge in [0.25, 0.3) is 0 Å². The lowest BCUT2D eigenvalue weighted by atomic mass is 10.1. The monoisotopic (exact) mass is 427 g/mol. The van der Waals surface area contributed by atoms with E-state index < -0.39 is 0 Å². The third-order valence-corrected chi connectivity index (χ3v) is 4.63. The Morgan fingerprint density at radius 3 is 2.63 bits per heavy atom. The van der Waals surface area contributed by atoms with E-state index in [4.69, 9.17) is 50.6 Å². The van der Waals surface area contributed by atoms with E-state index in [0.717, 1.165) is 17.5 Å². The van der Waals surface area contributed by atoms with Gasteiger partial charge in [0.2, 0.25) is 0 Å². The van der Waals surface area contributed by atoms with Crippen LogP contribution in [-0.2, 0) is 13.0 Å². The molecule has 0 unspecified atom stereocenters. The first kappa shape index (κ1) is 21.6. The topological polar surface area (TPSA) is 68.5 Å². The third kappa shape index (κ3) is 7.07. The van der Waals surface area contributed by atoms with Crippen LogP contribution in [0.3, 0.4) is 0 Å². The van der Waals surface area contributed by atoms with Crippen molar-refractivity contribution in [3.8, 4) is 11.5 Å². The largest absolute Gasteiger partial charge is 0.493 e. The first-order chi connectivity index (χ1) is 13.0. The van der Waals surface area contributed by atoms with E-state index in [2.05, 4.69) is 10.6 Å². The molecule has 0 saturated carbocycles. The lowest BCUT2D eigenvalue weighted by Crippen LogP contribution is -2.35. The molecule has 146 valence electrons. The minimum atomic E-state index is 0.444. The summed E-state index contributed by atoms with van der Waals surface area (Å²) in [4.78, 5) is 0. The molecule has 0 saturated heterocycles. The van der Waals surface area contributed by atoms with Gasteiger partial charge in [-0.2, -0.15) is 0 Å². The molecule has 0 aliphatic heterocycles. The SMILES string of the molecule is COc1cc(CNC(=S)NCCc2ccc(Cl)cc2Cl)ccc1OCCN. The molecule has 0 aliphatic rings. The Bertz CT molecular complexity index is 775. The van der Waals surface area contributed by atoms with E-state index in [1.54, 1.807) is 13.2 Å². The summed E-state index contributed by atoms with van der Waals surface area (Å²) >= 11 is 17.4. The summed E-state index contributed by atoms with van der Waals surface area (Å²) in [7, 11) is 1.61. The zero-order valence-corrected chi connectivity index (χ0v) is 17.4. The van der Waals surface area contributed by atoms with Crippen LogP contribution >= 0.6 is 35.4 Å². The zero-order valence-electron chi connectivity index (χ0n) is 15.1. The Labute approximate surface area is 175 Å². The van der Waals surface area contributed by atoms with E-state index in [1.165, 1.54) is 0 Å². The normalized spacial score (nSPS) is 10.4. The summed E-state index contributed by atoms with van der Waals surface area (Å²) in [5, 5.41) is 8.20. The molecule has 2 rings (SSSR count). The van der Waals surface area contributed by atoms with Gasteiger partial charge < -0.3 is 25.8 Å². The van der Waals surface area contributed by atoms with Gasteiger partial charge in [-0.15, -0.1) is 0 Å².